The monoisotopic (exact) mass is 436 g/mol. The molecule has 2 aromatic carbocycles. The highest BCUT2D eigenvalue weighted by Crippen LogP contribution is 2.43. The van der Waals surface area contributed by atoms with Crippen molar-refractivity contribution in [2.45, 2.75) is 52.6 Å². The third kappa shape index (κ3) is 2.94. The number of benzene rings is 2. The highest BCUT2D eigenvalue weighted by atomic mass is 35.5. The molecule has 0 unspecified atom stereocenters. The van der Waals surface area contributed by atoms with Crippen LogP contribution >= 0.6 is 11.6 Å². The lowest BCUT2D eigenvalue weighted by molar-refractivity contribution is 0.426. The van der Waals surface area contributed by atoms with Gasteiger partial charge in [-0.3, -0.25) is 0 Å². The number of nitrogens with one attached hydrogen (secondary N) is 2. The van der Waals surface area contributed by atoms with Crippen molar-refractivity contribution in [3.8, 4) is 16.9 Å². The predicted molar refractivity (Wildman–Crippen MR) is 124 cm³/mol. The lowest BCUT2D eigenvalue weighted by atomic mass is 9.97. The zero-order valence-corrected chi connectivity index (χ0v) is 19.0. The van der Waals surface area contributed by atoms with Crippen LogP contribution in [0, 0.1) is 5.82 Å². The van der Waals surface area contributed by atoms with E-state index in [2.05, 4.69) is 60.9 Å². The molecule has 0 aliphatic carbocycles. The Balaban J connectivity index is 1.92. The molecule has 160 valence electrons. The Labute approximate surface area is 186 Å². The topological polar surface area (TPSA) is 45.6 Å². The minimum absolute atomic E-state index is 0.246. The molecule has 0 spiro atoms. The van der Waals surface area contributed by atoms with Gasteiger partial charge in [0.05, 0.1) is 33.2 Å². The van der Waals surface area contributed by atoms with Crippen LogP contribution in [0.25, 0.3) is 27.8 Å². The first-order valence-corrected chi connectivity index (χ1v) is 11.2. The van der Waals surface area contributed by atoms with E-state index in [-0.39, 0.29) is 11.4 Å². The van der Waals surface area contributed by atoms with E-state index in [0.29, 0.717) is 22.5 Å². The predicted octanol–water partition coefficient (Wildman–Crippen LogP) is 6.28. The van der Waals surface area contributed by atoms with Crippen LogP contribution in [0.2, 0.25) is 5.02 Å². The maximum absolute atomic E-state index is 14.6. The Morgan fingerprint density at radius 3 is 2.52 bits per heavy atom. The molecule has 5 rings (SSSR count). The SMILES string of the molecule is CCc1cccc(CC)c1-n1nc2c(c1-c1ccc(F)c3[nH]cc(Cl)c13)CNC2(C)C. The molecule has 4 aromatic rings. The van der Waals surface area contributed by atoms with E-state index in [1.807, 2.05) is 6.07 Å². The van der Waals surface area contributed by atoms with Crippen LogP contribution in [0.4, 0.5) is 4.39 Å². The molecule has 0 saturated heterocycles. The van der Waals surface area contributed by atoms with E-state index in [0.717, 1.165) is 41.0 Å². The van der Waals surface area contributed by atoms with Crippen molar-refractivity contribution >= 4 is 22.5 Å². The second-order valence-electron chi connectivity index (χ2n) is 8.68. The Hall–Kier alpha value is -2.63. The molecule has 2 aromatic heterocycles. The summed E-state index contributed by atoms with van der Waals surface area (Å²) in [5.41, 5.74) is 7.83. The quantitative estimate of drug-likeness (QED) is 0.395. The van der Waals surface area contributed by atoms with Gasteiger partial charge in [0, 0.05) is 29.3 Å². The Kier molecular flexibility index (Phi) is 4.72. The van der Waals surface area contributed by atoms with Crippen molar-refractivity contribution in [3.05, 3.63) is 69.8 Å². The minimum atomic E-state index is -0.310. The molecule has 0 saturated carbocycles. The highest BCUT2D eigenvalue weighted by molar-refractivity contribution is 6.36. The molecule has 31 heavy (non-hydrogen) atoms. The molecule has 6 heteroatoms. The van der Waals surface area contributed by atoms with Gasteiger partial charge >= 0.3 is 0 Å². The number of aryl methyl sites for hydroxylation is 2. The highest BCUT2D eigenvalue weighted by Gasteiger charge is 2.37. The van der Waals surface area contributed by atoms with Crippen LogP contribution in [0.1, 0.15) is 50.1 Å². The number of hydrogen-bond donors (Lipinski definition) is 2. The smallest absolute Gasteiger partial charge is 0.147 e. The largest absolute Gasteiger partial charge is 0.357 e. The number of hydrogen-bond acceptors (Lipinski definition) is 2. The summed E-state index contributed by atoms with van der Waals surface area (Å²) in [6.45, 7) is 9.33. The molecule has 3 heterocycles. The van der Waals surface area contributed by atoms with Crippen LogP contribution in [-0.2, 0) is 24.9 Å². The zero-order valence-electron chi connectivity index (χ0n) is 18.2. The van der Waals surface area contributed by atoms with Crippen LogP contribution < -0.4 is 5.32 Å². The minimum Gasteiger partial charge on any atom is -0.357 e. The van der Waals surface area contributed by atoms with E-state index in [1.165, 1.54) is 17.2 Å². The fourth-order valence-corrected chi connectivity index (χ4v) is 5.06. The molecule has 4 nitrogen and oxygen atoms in total. The molecule has 1 aliphatic rings. The van der Waals surface area contributed by atoms with E-state index in [4.69, 9.17) is 16.7 Å². The van der Waals surface area contributed by atoms with Gasteiger partial charge in [-0.15, -0.1) is 0 Å². The van der Waals surface area contributed by atoms with E-state index in [9.17, 15) is 4.39 Å². The van der Waals surface area contributed by atoms with Crippen LogP contribution in [-0.4, -0.2) is 14.8 Å². The third-order valence-corrected chi connectivity index (χ3v) is 6.75. The molecular formula is C25H26ClFN4. The number of aromatic nitrogens is 3. The molecule has 0 amide bonds. The van der Waals surface area contributed by atoms with Crippen molar-refractivity contribution in [2.75, 3.05) is 0 Å². The van der Waals surface area contributed by atoms with Gasteiger partial charge in [-0.2, -0.15) is 5.10 Å². The van der Waals surface area contributed by atoms with Crippen molar-refractivity contribution in [1.29, 1.82) is 0 Å². The van der Waals surface area contributed by atoms with Gasteiger partial charge < -0.3 is 10.3 Å². The Morgan fingerprint density at radius 2 is 1.84 bits per heavy atom. The first kappa shape index (κ1) is 20.3. The number of fused-ring (bicyclic) bond motifs is 2. The van der Waals surface area contributed by atoms with Crippen LogP contribution in [0.15, 0.2) is 36.5 Å². The number of rotatable bonds is 4. The van der Waals surface area contributed by atoms with Crippen molar-refractivity contribution in [1.82, 2.24) is 20.1 Å². The Bertz CT molecular complexity index is 1290. The van der Waals surface area contributed by atoms with Gasteiger partial charge in [0.1, 0.15) is 5.82 Å². The summed E-state index contributed by atoms with van der Waals surface area (Å²) in [5.74, 6) is -0.310. The molecule has 0 bridgehead atoms. The lowest BCUT2D eigenvalue weighted by Gasteiger charge is -2.20. The van der Waals surface area contributed by atoms with Gasteiger partial charge in [-0.1, -0.05) is 43.6 Å². The van der Waals surface area contributed by atoms with E-state index >= 15 is 0 Å². The fourth-order valence-electron chi connectivity index (χ4n) is 4.81. The summed E-state index contributed by atoms with van der Waals surface area (Å²) in [5, 5.41) is 9.93. The second-order valence-corrected chi connectivity index (χ2v) is 9.09. The second kappa shape index (κ2) is 7.21. The number of para-hydroxylation sites is 1. The van der Waals surface area contributed by atoms with Gasteiger partial charge in [-0.25, -0.2) is 9.07 Å². The molecule has 0 atom stereocenters. The van der Waals surface area contributed by atoms with Gasteiger partial charge in [-0.05, 0) is 49.9 Å². The van der Waals surface area contributed by atoms with Crippen LogP contribution in [0.5, 0.6) is 0 Å². The van der Waals surface area contributed by atoms with Crippen molar-refractivity contribution in [2.24, 2.45) is 0 Å². The first-order chi connectivity index (χ1) is 14.9. The van der Waals surface area contributed by atoms with Crippen molar-refractivity contribution in [3.63, 3.8) is 0 Å². The molecule has 1 aliphatic heterocycles. The summed E-state index contributed by atoms with van der Waals surface area (Å²) in [7, 11) is 0. The maximum atomic E-state index is 14.6. The molecular weight excluding hydrogens is 411 g/mol. The fraction of sp³-hybridized carbons (Fsp3) is 0.320. The van der Waals surface area contributed by atoms with Gasteiger partial charge in [0.2, 0.25) is 0 Å². The molecule has 2 N–H and O–H groups in total. The van der Waals surface area contributed by atoms with E-state index in [1.54, 1.807) is 6.20 Å². The van der Waals surface area contributed by atoms with E-state index < -0.39 is 0 Å². The third-order valence-electron chi connectivity index (χ3n) is 6.45. The van der Waals surface area contributed by atoms with Gasteiger partial charge in [0.15, 0.2) is 0 Å². The average molecular weight is 437 g/mol. The summed E-state index contributed by atoms with van der Waals surface area (Å²) in [6, 6.07) is 9.78. The van der Waals surface area contributed by atoms with Crippen LogP contribution in [0.3, 0.4) is 0 Å². The number of H-pyrrole nitrogens is 1. The maximum Gasteiger partial charge on any atom is 0.147 e. The number of aromatic amines is 1. The summed E-state index contributed by atoms with van der Waals surface area (Å²) in [4.78, 5) is 2.99. The van der Waals surface area contributed by atoms with Crippen molar-refractivity contribution < 1.29 is 4.39 Å². The normalized spacial score (nSPS) is 15.0. The first-order valence-electron chi connectivity index (χ1n) is 10.8. The lowest BCUT2D eigenvalue weighted by Crippen LogP contribution is -2.30. The molecule has 0 fully saturated rings. The zero-order chi connectivity index (χ0) is 21.9. The summed E-state index contributed by atoms with van der Waals surface area (Å²) < 4.78 is 16.6. The number of halogens is 2. The number of nitrogens with zero attached hydrogens (tertiary/aromatic N) is 2. The Morgan fingerprint density at radius 1 is 1.13 bits per heavy atom. The summed E-state index contributed by atoms with van der Waals surface area (Å²) >= 11 is 6.55. The standard InChI is InChI=1S/C25H26ClFN4/c1-5-14-8-7-9-15(6-2)22(14)31-23(17-12-29-25(3,4)24(17)30-31)16-10-11-19(27)21-20(16)18(26)13-28-21/h7-11,13,28-29H,5-6,12H2,1-4H3. The van der Waals surface area contributed by atoms with Gasteiger partial charge in [0.25, 0.3) is 0 Å². The summed E-state index contributed by atoms with van der Waals surface area (Å²) in [6.07, 6.45) is 3.45. The molecule has 0 radical (unpaired) electrons. The average Bonchev–Trinajstić information content (AvgIpc) is 3.42.